The Balaban J connectivity index is 1.36. The van der Waals surface area contributed by atoms with Gasteiger partial charge in [-0.3, -0.25) is 9.78 Å². The van der Waals surface area contributed by atoms with Crippen LogP contribution in [0.25, 0.3) is 6.08 Å². The van der Waals surface area contributed by atoms with Gasteiger partial charge in [-0.15, -0.1) is 11.3 Å². The summed E-state index contributed by atoms with van der Waals surface area (Å²) in [6, 6.07) is 5.83. The number of nitrogens with zero attached hydrogens (tertiary/aromatic N) is 3. The fourth-order valence-electron chi connectivity index (χ4n) is 3.51. The molecule has 0 saturated carbocycles. The van der Waals surface area contributed by atoms with Crippen molar-refractivity contribution < 1.29 is 18.8 Å². The molecule has 4 rings (SSSR count). The molecular weight excluding hydrogens is 442 g/mol. The highest BCUT2D eigenvalue weighted by atomic mass is 32.1. The number of carbonyl (C=O) groups excluding carboxylic acids is 2. The molecule has 2 N–H and O–H groups in total. The summed E-state index contributed by atoms with van der Waals surface area (Å²) in [6.07, 6.45) is 8.80. The number of nitrogens with one attached hydrogen (secondary N) is 2. The molecule has 0 fully saturated rings. The molecule has 1 atom stereocenters. The number of carbonyl (C=O) groups is 2. The molecular formula is C23H21N5O4S. The van der Waals surface area contributed by atoms with E-state index >= 15 is 0 Å². The second-order valence-electron chi connectivity index (χ2n) is 7.46. The van der Waals surface area contributed by atoms with Crippen molar-refractivity contribution in [3.8, 4) is 6.07 Å². The Morgan fingerprint density at radius 3 is 3.03 bits per heavy atom. The molecule has 168 valence electrons. The predicted molar refractivity (Wildman–Crippen MR) is 121 cm³/mol. The van der Waals surface area contributed by atoms with Gasteiger partial charge in [-0.1, -0.05) is 11.2 Å². The summed E-state index contributed by atoms with van der Waals surface area (Å²) >= 11 is 1.35. The van der Waals surface area contributed by atoms with Gasteiger partial charge in [-0.2, -0.15) is 5.26 Å². The maximum atomic E-state index is 12.4. The van der Waals surface area contributed by atoms with Crippen LogP contribution >= 0.6 is 11.3 Å². The van der Waals surface area contributed by atoms with Crippen LogP contribution in [0.4, 0.5) is 9.80 Å². The first-order chi connectivity index (χ1) is 16.0. The van der Waals surface area contributed by atoms with Gasteiger partial charge in [0.2, 0.25) is 5.91 Å². The lowest BCUT2D eigenvalue weighted by Crippen LogP contribution is -2.31. The molecule has 3 heterocycles. The number of fused-ring (bicyclic) bond motifs is 1. The molecule has 2 amide bonds. The third-order valence-electron chi connectivity index (χ3n) is 5.23. The fraction of sp³-hybridized carbons (Fsp3) is 0.261. The first-order valence-corrected chi connectivity index (χ1v) is 11.1. The summed E-state index contributed by atoms with van der Waals surface area (Å²) in [5.74, 6) is 0.315. The van der Waals surface area contributed by atoms with Gasteiger partial charge in [-0.25, -0.2) is 4.79 Å². The van der Waals surface area contributed by atoms with E-state index in [-0.39, 0.29) is 18.6 Å². The molecule has 0 bridgehead atoms. The number of hydrogen-bond donors (Lipinski definition) is 2. The molecule has 0 aliphatic heterocycles. The zero-order chi connectivity index (χ0) is 23.2. The molecule has 3 aromatic heterocycles. The van der Waals surface area contributed by atoms with Gasteiger partial charge in [0.1, 0.15) is 22.9 Å². The number of aryl methyl sites for hydroxylation is 1. The summed E-state index contributed by atoms with van der Waals surface area (Å²) in [6.45, 7) is 2.04. The lowest BCUT2D eigenvalue weighted by molar-refractivity contribution is -0.111. The highest BCUT2D eigenvalue weighted by Gasteiger charge is 2.28. The third-order valence-corrected chi connectivity index (χ3v) is 6.40. The molecule has 0 spiro atoms. The van der Waals surface area contributed by atoms with E-state index in [0.29, 0.717) is 35.6 Å². The van der Waals surface area contributed by atoms with Crippen molar-refractivity contribution >= 4 is 34.4 Å². The molecule has 1 aliphatic carbocycles. The topological polar surface area (TPSA) is 130 Å². The van der Waals surface area contributed by atoms with Crippen LogP contribution in [-0.2, 0) is 28.9 Å². The minimum Gasteiger partial charge on any atom is -0.446 e. The Morgan fingerprint density at radius 2 is 2.30 bits per heavy atom. The molecule has 33 heavy (non-hydrogen) atoms. The Bertz CT molecular complexity index is 1230. The lowest BCUT2D eigenvalue weighted by Gasteiger charge is -2.22. The Hall–Kier alpha value is -3.97. The van der Waals surface area contributed by atoms with Crippen LogP contribution in [0.1, 0.15) is 39.3 Å². The van der Waals surface area contributed by atoms with Gasteiger partial charge in [0.05, 0.1) is 18.3 Å². The van der Waals surface area contributed by atoms with Crippen molar-refractivity contribution in [1.29, 1.82) is 5.26 Å². The number of thiophene rings is 1. The van der Waals surface area contributed by atoms with Crippen molar-refractivity contribution in [2.24, 2.45) is 0 Å². The average Bonchev–Trinajstić information content (AvgIpc) is 3.38. The zero-order valence-corrected chi connectivity index (χ0v) is 18.6. The monoisotopic (exact) mass is 463 g/mol. The van der Waals surface area contributed by atoms with Crippen LogP contribution in [-0.4, -0.2) is 28.2 Å². The first kappa shape index (κ1) is 22.2. The highest BCUT2D eigenvalue weighted by Crippen LogP contribution is 2.38. The minimum absolute atomic E-state index is 0.270. The van der Waals surface area contributed by atoms with Gasteiger partial charge in [0, 0.05) is 35.3 Å². The molecule has 3 aromatic rings. The standard InChI is InChI=1S/C23H21N5O4S/c1-14-16(13-27-32-14)12-26-23(30)31-17-5-6-18-19(10-24)22(33-20(18)9-17)28-21(29)7-4-15-3-2-8-25-11-15/h2-4,7-8,11,13,17H,5-6,9,12H2,1H3,(H,26,30)(H,28,29). The molecule has 1 unspecified atom stereocenters. The van der Waals surface area contributed by atoms with Crippen LogP contribution in [0.2, 0.25) is 0 Å². The van der Waals surface area contributed by atoms with Crippen molar-refractivity contribution in [1.82, 2.24) is 15.5 Å². The predicted octanol–water partition coefficient (Wildman–Crippen LogP) is 3.75. The number of nitriles is 1. The largest absolute Gasteiger partial charge is 0.446 e. The molecule has 0 saturated heterocycles. The van der Waals surface area contributed by atoms with Crippen LogP contribution in [0.15, 0.2) is 41.3 Å². The maximum absolute atomic E-state index is 12.4. The Labute approximate surface area is 194 Å². The molecule has 0 radical (unpaired) electrons. The number of aromatic nitrogens is 2. The summed E-state index contributed by atoms with van der Waals surface area (Å²) in [5, 5.41) is 19.3. The SMILES string of the molecule is Cc1oncc1CNC(=O)OC1CCc2c(sc(NC(=O)C=Cc3cccnc3)c2C#N)C1. The summed E-state index contributed by atoms with van der Waals surface area (Å²) in [7, 11) is 0. The molecule has 1 aliphatic rings. The van der Waals surface area contributed by atoms with Crippen molar-refractivity contribution in [3.05, 3.63) is 69.7 Å². The van der Waals surface area contributed by atoms with Crippen molar-refractivity contribution in [2.75, 3.05) is 5.32 Å². The van der Waals surface area contributed by atoms with Gasteiger partial charge in [0.15, 0.2) is 0 Å². The number of ether oxygens (including phenoxy) is 1. The Morgan fingerprint density at radius 1 is 1.42 bits per heavy atom. The number of anilines is 1. The maximum Gasteiger partial charge on any atom is 0.407 e. The zero-order valence-electron chi connectivity index (χ0n) is 17.8. The summed E-state index contributed by atoms with van der Waals surface area (Å²) < 4.78 is 10.5. The summed E-state index contributed by atoms with van der Waals surface area (Å²) in [4.78, 5) is 29.5. The van der Waals surface area contributed by atoms with E-state index in [1.165, 1.54) is 17.4 Å². The number of pyridine rings is 1. The number of alkyl carbamates (subject to hydrolysis) is 1. The highest BCUT2D eigenvalue weighted by molar-refractivity contribution is 7.16. The molecule has 9 nitrogen and oxygen atoms in total. The van der Waals surface area contributed by atoms with Gasteiger partial charge >= 0.3 is 6.09 Å². The fourth-order valence-corrected chi connectivity index (χ4v) is 4.78. The minimum atomic E-state index is -0.518. The summed E-state index contributed by atoms with van der Waals surface area (Å²) in [5.41, 5.74) is 2.97. The number of hydrogen-bond acceptors (Lipinski definition) is 8. The first-order valence-electron chi connectivity index (χ1n) is 10.3. The smallest absolute Gasteiger partial charge is 0.407 e. The van der Waals surface area contributed by atoms with Crippen molar-refractivity contribution in [3.63, 3.8) is 0 Å². The van der Waals surface area contributed by atoms with E-state index in [0.717, 1.165) is 21.6 Å². The Kier molecular flexibility index (Phi) is 6.80. The van der Waals surface area contributed by atoms with E-state index in [4.69, 9.17) is 9.26 Å². The van der Waals surface area contributed by atoms with Gasteiger partial charge in [0.25, 0.3) is 0 Å². The van der Waals surface area contributed by atoms with E-state index < -0.39 is 6.09 Å². The van der Waals surface area contributed by atoms with Crippen LogP contribution in [0, 0.1) is 18.3 Å². The number of amides is 2. The second kappa shape index (κ2) is 10.1. The number of rotatable bonds is 6. The quantitative estimate of drug-likeness (QED) is 0.533. The molecule has 10 heteroatoms. The van der Waals surface area contributed by atoms with Gasteiger partial charge < -0.3 is 19.9 Å². The van der Waals surface area contributed by atoms with Crippen LogP contribution < -0.4 is 10.6 Å². The third kappa shape index (κ3) is 5.45. The van der Waals surface area contributed by atoms with E-state index in [9.17, 15) is 14.9 Å². The molecule has 0 aromatic carbocycles. The van der Waals surface area contributed by atoms with E-state index in [2.05, 4.69) is 26.8 Å². The second-order valence-corrected chi connectivity index (χ2v) is 8.56. The van der Waals surface area contributed by atoms with Crippen molar-refractivity contribution in [2.45, 2.75) is 38.8 Å². The van der Waals surface area contributed by atoms with Crippen LogP contribution in [0.3, 0.4) is 0 Å². The normalized spacial score (nSPS) is 15.0. The van der Waals surface area contributed by atoms with Crippen LogP contribution in [0.5, 0.6) is 0 Å². The van der Waals surface area contributed by atoms with Gasteiger partial charge in [-0.05, 0) is 43.0 Å². The van der Waals surface area contributed by atoms with E-state index in [1.807, 2.05) is 6.07 Å². The van der Waals surface area contributed by atoms with E-state index in [1.54, 1.807) is 37.7 Å². The average molecular weight is 464 g/mol. The lowest BCUT2D eigenvalue weighted by atomic mass is 9.94.